The molecule has 3 heterocycles. The number of hydrogen-bond donors (Lipinski definition) is 0. The van der Waals surface area contributed by atoms with Gasteiger partial charge in [-0.3, -0.25) is 9.55 Å². The second-order valence-corrected chi connectivity index (χ2v) is 13.2. The summed E-state index contributed by atoms with van der Waals surface area (Å²) in [6, 6.07) is 47.2. The van der Waals surface area contributed by atoms with Gasteiger partial charge in [-0.25, -0.2) is 9.97 Å². The van der Waals surface area contributed by atoms with Crippen molar-refractivity contribution >= 4 is 43.4 Å². The van der Waals surface area contributed by atoms with Crippen LogP contribution in [0.5, 0.6) is 0 Å². The quantitative estimate of drug-likeness (QED) is 0.199. The lowest BCUT2D eigenvalue weighted by Crippen LogP contribution is -2.16. The van der Waals surface area contributed by atoms with Crippen LogP contribution in [0.25, 0.3) is 82.9 Å². The summed E-state index contributed by atoms with van der Waals surface area (Å²) in [6.45, 7) is 4.77. The van der Waals surface area contributed by atoms with Gasteiger partial charge in [-0.15, -0.1) is 0 Å². The van der Waals surface area contributed by atoms with Gasteiger partial charge in [0.15, 0.2) is 5.82 Å². The molecule has 226 valence electrons. The van der Waals surface area contributed by atoms with Gasteiger partial charge in [0.1, 0.15) is 5.82 Å². The Balaban J connectivity index is 1.42. The van der Waals surface area contributed by atoms with Crippen molar-refractivity contribution in [2.24, 2.45) is 0 Å². The summed E-state index contributed by atoms with van der Waals surface area (Å²) in [7, 11) is 0. The van der Waals surface area contributed by atoms with Crippen LogP contribution in [0.15, 0.2) is 146 Å². The summed E-state index contributed by atoms with van der Waals surface area (Å²) < 4.78 is 2.39. The molecule has 1 aliphatic rings. The second kappa shape index (κ2) is 9.93. The second-order valence-electron chi connectivity index (χ2n) is 13.2. The zero-order valence-corrected chi connectivity index (χ0v) is 26.6. The molecule has 6 aromatic carbocycles. The number of fused-ring (bicyclic) bond motifs is 12. The average Bonchev–Trinajstić information content (AvgIpc) is 3.62. The molecule has 0 saturated carbocycles. The van der Waals surface area contributed by atoms with E-state index in [1.807, 2.05) is 30.5 Å². The largest absolute Gasteiger partial charge is 0.293 e. The lowest BCUT2D eigenvalue weighted by atomic mass is 9.78. The summed E-state index contributed by atoms with van der Waals surface area (Å²) >= 11 is 0. The van der Waals surface area contributed by atoms with E-state index in [2.05, 4.69) is 134 Å². The number of para-hydroxylation sites is 1. The molecule has 3 aromatic heterocycles. The molecule has 9 aromatic rings. The van der Waals surface area contributed by atoms with E-state index in [0.717, 1.165) is 39.1 Å². The van der Waals surface area contributed by atoms with Gasteiger partial charge in [-0.2, -0.15) is 0 Å². The van der Waals surface area contributed by atoms with Gasteiger partial charge in [0, 0.05) is 56.7 Å². The van der Waals surface area contributed by atoms with Crippen molar-refractivity contribution in [3.8, 4) is 39.6 Å². The number of pyridine rings is 1. The molecule has 1 aliphatic carbocycles. The number of benzene rings is 6. The van der Waals surface area contributed by atoms with Crippen molar-refractivity contribution in [3.05, 3.63) is 157 Å². The van der Waals surface area contributed by atoms with E-state index in [4.69, 9.17) is 15.0 Å². The van der Waals surface area contributed by atoms with Crippen LogP contribution in [0.2, 0.25) is 0 Å². The van der Waals surface area contributed by atoms with Gasteiger partial charge in [-0.1, -0.05) is 129 Å². The Hall–Kier alpha value is -6.13. The van der Waals surface area contributed by atoms with E-state index in [1.165, 1.54) is 49.2 Å². The molecule has 0 fully saturated rings. The molecular weight excluding hydrogens is 585 g/mol. The van der Waals surface area contributed by atoms with E-state index in [-0.39, 0.29) is 5.41 Å². The monoisotopic (exact) mass is 614 g/mol. The number of nitrogens with zero attached hydrogens (tertiary/aromatic N) is 4. The maximum absolute atomic E-state index is 5.36. The van der Waals surface area contributed by atoms with E-state index in [1.54, 1.807) is 0 Å². The minimum Gasteiger partial charge on any atom is -0.293 e. The Kier molecular flexibility index (Phi) is 5.59. The van der Waals surface area contributed by atoms with Crippen LogP contribution in [-0.2, 0) is 5.41 Å². The fourth-order valence-electron chi connectivity index (χ4n) is 8.26. The van der Waals surface area contributed by atoms with Crippen LogP contribution in [0.3, 0.4) is 0 Å². The zero-order chi connectivity index (χ0) is 32.0. The molecule has 4 nitrogen and oxygen atoms in total. The highest BCUT2D eigenvalue weighted by molar-refractivity contribution is 6.27. The molecule has 0 radical (unpaired) electrons. The highest BCUT2D eigenvalue weighted by Crippen LogP contribution is 2.57. The molecule has 0 amide bonds. The third kappa shape index (κ3) is 3.68. The number of hydrogen-bond acceptors (Lipinski definition) is 3. The van der Waals surface area contributed by atoms with E-state index < -0.39 is 0 Å². The molecule has 48 heavy (non-hydrogen) atoms. The molecule has 4 heteroatoms. The highest BCUT2D eigenvalue weighted by atomic mass is 15.1. The summed E-state index contributed by atoms with van der Waals surface area (Å²) in [6.07, 6.45) is 3.99. The molecule has 0 N–H and O–H groups in total. The minimum absolute atomic E-state index is 0.253. The summed E-state index contributed by atoms with van der Waals surface area (Å²) in [5, 5.41) is 7.35. The molecule has 10 rings (SSSR count). The first-order valence-electron chi connectivity index (χ1n) is 16.5. The van der Waals surface area contributed by atoms with Gasteiger partial charge in [0.2, 0.25) is 0 Å². The van der Waals surface area contributed by atoms with Crippen molar-refractivity contribution in [2.75, 3.05) is 0 Å². The van der Waals surface area contributed by atoms with Gasteiger partial charge in [0.05, 0.1) is 16.7 Å². The predicted molar refractivity (Wildman–Crippen MR) is 198 cm³/mol. The number of rotatable bonds is 3. The van der Waals surface area contributed by atoms with Crippen LogP contribution < -0.4 is 0 Å². The predicted octanol–water partition coefficient (Wildman–Crippen LogP) is 10.9. The van der Waals surface area contributed by atoms with Crippen molar-refractivity contribution in [1.29, 1.82) is 0 Å². The van der Waals surface area contributed by atoms with Gasteiger partial charge in [-0.05, 0) is 45.0 Å². The Morgan fingerprint density at radius 2 is 1.29 bits per heavy atom. The van der Waals surface area contributed by atoms with Crippen molar-refractivity contribution in [2.45, 2.75) is 19.3 Å². The Morgan fingerprint density at radius 3 is 2.10 bits per heavy atom. The smallest absolute Gasteiger partial charge is 0.162 e. The first-order valence-corrected chi connectivity index (χ1v) is 16.5. The van der Waals surface area contributed by atoms with Crippen LogP contribution in [-0.4, -0.2) is 19.5 Å². The normalized spacial score (nSPS) is 13.4. The van der Waals surface area contributed by atoms with Crippen molar-refractivity contribution in [1.82, 2.24) is 19.5 Å². The van der Waals surface area contributed by atoms with Crippen LogP contribution in [0.4, 0.5) is 0 Å². The molecule has 0 atom stereocenters. The molecule has 0 unspecified atom stereocenters. The fraction of sp³-hybridized carbons (Fsp3) is 0.0682. The van der Waals surface area contributed by atoms with E-state index in [0.29, 0.717) is 5.82 Å². The van der Waals surface area contributed by atoms with Crippen molar-refractivity contribution in [3.63, 3.8) is 0 Å². The first-order chi connectivity index (χ1) is 23.6. The van der Waals surface area contributed by atoms with E-state index in [9.17, 15) is 0 Å². The summed E-state index contributed by atoms with van der Waals surface area (Å²) in [5.41, 5.74) is 10.2. The third-order valence-electron chi connectivity index (χ3n) is 10.2. The van der Waals surface area contributed by atoms with Gasteiger partial charge >= 0.3 is 0 Å². The standard InChI is InChI=1S/C44H30N4/c1-44(2)40-30-18-10-9-13-27(30)21-22-33(40)39-41(44)31-23-24-45-26-34(31)38-32-19-11-12-20-36(32)48(42(38)39)37-25-35(28-14-5-3-6-15-28)46-43(47-37)29-16-7-4-8-17-29/h3-26H,1-2H3. The SMILES string of the molecule is CC1(C)c2c(ccc3ccccc23)-c2c1c1ccncc1c1c3ccccc3n(-c3cc(-c4ccccc4)nc(-c4ccccc4)n3)c21. The van der Waals surface area contributed by atoms with E-state index >= 15 is 0 Å². The molecule has 0 saturated heterocycles. The number of aromatic nitrogens is 4. The Morgan fingerprint density at radius 1 is 0.583 bits per heavy atom. The van der Waals surface area contributed by atoms with Gasteiger partial charge < -0.3 is 0 Å². The lowest BCUT2D eigenvalue weighted by Gasteiger charge is -2.25. The topological polar surface area (TPSA) is 43.6 Å². The molecule has 0 aliphatic heterocycles. The maximum Gasteiger partial charge on any atom is 0.162 e. The van der Waals surface area contributed by atoms with Crippen LogP contribution >= 0.6 is 0 Å². The molecule has 0 spiro atoms. The lowest BCUT2D eigenvalue weighted by molar-refractivity contribution is 0.672. The Labute approximate surface area is 278 Å². The Bertz CT molecular complexity index is 2680. The van der Waals surface area contributed by atoms with Gasteiger partial charge in [0.25, 0.3) is 0 Å². The average molecular weight is 615 g/mol. The summed E-state index contributed by atoms with van der Waals surface area (Å²) in [4.78, 5) is 15.2. The van der Waals surface area contributed by atoms with Crippen LogP contribution in [0.1, 0.15) is 25.0 Å². The first kappa shape index (κ1) is 27.0. The van der Waals surface area contributed by atoms with Crippen LogP contribution in [0, 0.1) is 0 Å². The minimum atomic E-state index is -0.253. The highest BCUT2D eigenvalue weighted by Gasteiger charge is 2.41. The zero-order valence-electron chi connectivity index (χ0n) is 26.6. The van der Waals surface area contributed by atoms with Crippen molar-refractivity contribution < 1.29 is 0 Å². The molecule has 0 bridgehead atoms. The fourth-order valence-corrected chi connectivity index (χ4v) is 8.26. The third-order valence-corrected chi connectivity index (χ3v) is 10.2. The molecular formula is C44H30N4. The maximum atomic E-state index is 5.36. The summed E-state index contributed by atoms with van der Waals surface area (Å²) in [5.74, 6) is 1.54.